The van der Waals surface area contributed by atoms with Crippen LogP contribution in [-0.2, 0) is 19.2 Å². The van der Waals surface area contributed by atoms with Gasteiger partial charge in [0.05, 0.1) is 6.04 Å². The normalized spacial score (nSPS) is 13.6. The van der Waals surface area contributed by atoms with E-state index in [0.717, 1.165) is 0 Å². The van der Waals surface area contributed by atoms with Crippen molar-refractivity contribution >= 4 is 42.3 Å². The minimum atomic E-state index is -1.22. The summed E-state index contributed by atoms with van der Waals surface area (Å²) in [5, 5.41) is 16.1. The second kappa shape index (κ2) is 14.4. The van der Waals surface area contributed by atoms with Crippen molar-refractivity contribution in [2.75, 3.05) is 18.8 Å². The molecule has 3 atom stereocenters. The largest absolute Gasteiger partial charge is 0.480 e. The number of hydrogen-bond donors (Lipinski definition) is 8. The fraction of sp³-hybridized carbons (Fsp3) is 0.706. The molecule has 0 aromatic heterocycles. The second-order valence-corrected chi connectivity index (χ2v) is 7.47. The summed E-state index contributed by atoms with van der Waals surface area (Å²) in [5.74, 6) is -2.95. The standard InChI is InChI=1S/C17H33N7O5S/c1-9(2)6-12(24-14(27)10(18)8-30)16(29)23-11(4-3-5-21-17(19)20)15(28)22-7-13(25)26/h9-12,30H,3-8,18H2,1-2H3,(H,22,28)(H,23,29)(H,24,27)(H,25,26)(H4,19,20,21). The van der Waals surface area contributed by atoms with Crippen LogP contribution < -0.4 is 33.2 Å². The zero-order valence-corrected chi connectivity index (χ0v) is 18.2. The predicted molar refractivity (Wildman–Crippen MR) is 116 cm³/mol. The molecule has 0 radical (unpaired) electrons. The Morgan fingerprint density at radius 1 is 1.03 bits per heavy atom. The third-order valence-corrected chi connectivity index (χ3v) is 4.26. The van der Waals surface area contributed by atoms with Gasteiger partial charge < -0.3 is 38.3 Å². The third kappa shape index (κ3) is 12.1. The highest BCUT2D eigenvalue weighted by molar-refractivity contribution is 7.80. The number of carboxylic acids is 1. The highest BCUT2D eigenvalue weighted by atomic mass is 32.1. The highest BCUT2D eigenvalue weighted by Gasteiger charge is 2.28. The minimum Gasteiger partial charge on any atom is -0.480 e. The number of nitrogens with one attached hydrogen (secondary N) is 3. The summed E-state index contributed by atoms with van der Waals surface area (Å²) in [6, 6.07) is -2.84. The van der Waals surface area contributed by atoms with Crippen molar-refractivity contribution in [1.29, 1.82) is 0 Å². The lowest BCUT2D eigenvalue weighted by atomic mass is 10.0. The van der Waals surface area contributed by atoms with Gasteiger partial charge >= 0.3 is 5.97 Å². The van der Waals surface area contributed by atoms with Crippen LogP contribution in [0.1, 0.15) is 33.1 Å². The van der Waals surface area contributed by atoms with Gasteiger partial charge in [-0.2, -0.15) is 12.6 Å². The number of amides is 3. The lowest BCUT2D eigenvalue weighted by Crippen LogP contribution is -2.56. The lowest BCUT2D eigenvalue weighted by molar-refractivity contribution is -0.138. The molecule has 10 N–H and O–H groups in total. The Hall–Kier alpha value is -2.54. The first-order valence-electron chi connectivity index (χ1n) is 9.50. The average molecular weight is 448 g/mol. The van der Waals surface area contributed by atoms with Crippen molar-refractivity contribution in [3.8, 4) is 0 Å². The predicted octanol–water partition coefficient (Wildman–Crippen LogP) is -2.49. The molecule has 3 amide bonds. The number of thiol groups is 1. The molecule has 0 aliphatic carbocycles. The molecule has 172 valence electrons. The van der Waals surface area contributed by atoms with E-state index in [1.54, 1.807) is 0 Å². The third-order valence-electron chi connectivity index (χ3n) is 3.87. The van der Waals surface area contributed by atoms with Gasteiger partial charge in [-0.25, -0.2) is 0 Å². The molecular formula is C17H33N7O5S. The molecule has 0 aromatic carbocycles. The molecule has 13 heteroatoms. The van der Waals surface area contributed by atoms with Crippen molar-refractivity contribution in [2.45, 2.75) is 51.2 Å². The summed E-state index contributed by atoms with van der Waals surface area (Å²) in [6.45, 7) is 3.38. The zero-order valence-electron chi connectivity index (χ0n) is 17.3. The first-order chi connectivity index (χ1) is 14.0. The van der Waals surface area contributed by atoms with Crippen LogP contribution >= 0.6 is 12.6 Å². The number of nitrogens with zero attached hydrogens (tertiary/aromatic N) is 1. The molecule has 0 aliphatic rings. The van der Waals surface area contributed by atoms with Crippen LogP contribution in [0.2, 0.25) is 0 Å². The van der Waals surface area contributed by atoms with Gasteiger partial charge in [-0.3, -0.25) is 24.2 Å². The summed E-state index contributed by atoms with van der Waals surface area (Å²) in [7, 11) is 0. The SMILES string of the molecule is CC(C)CC(NC(=O)C(N)CS)C(=O)NC(CCCN=C(N)N)C(=O)NCC(=O)O. The van der Waals surface area contributed by atoms with E-state index in [4.69, 9.17) is 22.3 Å². The number of aliphatic imine (C=N–C) groups is 1. The molecule has 0 aromatic rings. The van der Waals surface area contributed by atoms with E-state index >= 15 is 0 Å². The molecule has 0 heterocycles. The van der Waals surface area contributed by atoms with E-state index in [1.165, 1.54) is 0 Å². The number of hydrogen-bond acceptors (Lipinski definition) is 7. The Labute approximate surface area is 181 Å². The van der Waals surface area contributed by atoms with Gasteiger partial charge in [0.15, 0.2) is 5.96 Å². The Kier molecular flexibility index (Phi) is 13.2. The fourth-order valence-corrected chi connectivity index (χ4v) is 2.56. The summed E-state index contributed by atoms with van der Waals surface area (Å²) < 4.78 is 0. The second-order valence-electron chi connectivity index (χ2n) is 7.10. The number of rotatable bonds is 14. The summed E-state index contributed by atoms with van der Waals surface area (Å²) in [6.07, 6.45) is 0.829. The maximum Gasteiger partial charge on any atom is 0.322 e. The Morgan fingerprint density at radius 3 is 2.13 bits per heavy atom. The van der Waals surface area contributed by atoms with E-state index in [2.05, 4.69) is 33.6 Å². The summed E-state index contributed by atoms with van der Waals surface area (Å²) in [5.41, 5.74) is 16.2. The molecule has 0 bridgehead atoms. The Bertz CT molecular complexity index is 626. The smallest absolute Gasteiger partial charge is 0.322 e. The number of nitrogens with two attached hydrogens (primary N) is 3. The van der Waals surface area contributed by atoms with E-state index in [0.29, 0.717) is 12.8 Å². The van der Waals surface area contributed by atoms with Crippen LogP contribution in [0.4, 0.5) is 0 Å². The minimum absolute atomic E-state index is 0.0643. The van der Waals surface area contributed by atoms with E-state index in [-0.39, 0.29) is 30.6 Å². The van der Waals surface area contributed by atoms with Crippen LogP contribution in [0.3, 0.4) is 0 Å². The number of carbonyl (C=O) groups is 4. The molecule has 0 fully saturated rings. The maximum absolute atomic E-state index is 12.8. The van der Waals surface area contributed by atoms with E-state index in [9.17, 15) is 19.2 Å². The molecule has 12 nitrogen and oxygen atoms in total. The highest BCUT2D eigenvalue weighted by Crippen LogP contribution is 2.07. The number of guanidine groups is 1. The van der Waals surface area contributed by atoms with Crippen molar-refractivity contribution in [3.63, 3.8) is 0 Å². The van der Waals surface area contributed by atoms with E-state index in [1.807, 2.05) is 13.8 Å². The quantitative estimate of drug-likeness (QED) is 0.0615. The molecule has 0 rings (SSSR count). The monoisotopic (exact) mass is 447 g/mol. The zero-order chi connectivity index (χ0) is 23.3. The van der Waals surface area contributed by atoms with Gasteiger partial charge in [-0.1, -0.05) is 13.8 Å². The van der Waals surface area contributed by atoms with Crippen LogP contribution in [0.15, 0.2) is 4.99 Å². The van der Waals surface area contributed by atoms with Gasteiger partial charge in [0.25, 0.3) is 0 Å². The van der Waals surface area contributed by atoms with Crippen molar-refractivity contribution in [3.05, 3.63) is 0 Å². The molecule has 0 saturated carbocycles. The Morgan fingerprint density at radius 2 is 1.63 bits per heavy atom. The average Bonchev–Trinajstić information content (AvgIpc) is 2.66. The van der Waals surface area contributed by atoms with Gasteiger partial charge in [-0.15, -0.1) is 0 Å². The Balaban J connectivity index is 5.25. The summed E-state index contributed by atoms with van der Waals surface area (Å²) >= 11 is 3.97. The van der Waals surface area contributed by atoms with Crippen molar-refractivity contribution in [2.24, 2.45) is 28.1 Å². The van der Waals surface area contributed by atoms with Crippen LogP contribution in [0.25, 0.3) is 0 Å². The van der Waals surface area contributed by atoms with Crippen LogP contribution in [-0.4, -0.2) is 71.7 Å². The first-order valence-corrected chi connectivity index (χ1v) is 10.1. The van der Waals surface area contributed by atoms with Gasteiger partial charge in [0, 0.05) is 12.3 Å². The summed E-state index contributed by atoms with van der Waals surface area (Å²) in [4.78, 5) is 51.7. The maximum atomic E-state index is 12.8. The van der Waals surface area contributed by atoms with Crippen LogP contribution in [0, 0.1) is 5.92 Å². The van der Waals surface area contributed by atoms with Gasteiger partial charge in [0.2, 0.25) is 17.7 Å². The first kappa shape index (κ1) is 27.5. The van der Waals surface area contributed by atoms with Gasteiger partial charge in [0.1, 0.15) is 18.6 Å². The molecule has 0 saturated heterocycles. The van der Waals surface area contributed by atoms with Crippen LogP contribution in [0.5, 0.6) is 0 Å². The molecular weight excluding hydrogens is 414 g/mol. The van der Waals surface area contributed by atoms with E-state index < -0.39 is 48.4 Å². The molecule has 30 heavy (non-hydrogen) atoms. The number of aliphatic carboxylic acids is 1. The molecule has 0 spiro atoms. The number of carbonyl (C=O) groups excluding carboxylic acids is 3. The van der Waals surface area contributed by atoms with Crippen molar-refractivity contribution < 1.29 is 24.3 Å². The van der Waals surface area contributed by atoms with Crippen molar-refractivity contribution in [1.82, 2.24) is 16.0 Å². The van der Waals surface area contributed by atoms with Gasteiger partial charge in [-0.05, 0) is 25.2 Å². The fourth-order valence-electron chi connectivity index (χ4n) is 2.40. The number of carboxylic acid groups (broad SMARTS) is 1. The molecule has 0 aliphatic heterocycles. The topological polar surface area (TPSA) is 215 Å². The molecule has 3 unspecified atom stereocenters. The lowest BCUT2D eigenvalue weighted by Gasteiger charge is -2.25.